The van der Waals surface area contributed by atoms with E-state index >= 15 is 0 Å². The van der Waals surface area contributed by atoms with Gasteiger partial charge < -0.3 is 5.73 Å². The third kappa shape index (κ3) is 3.35. The van der Waals surface area contributed by atoms with E-state index in [-0.39, 0.29) is 6.04 Å². The van der Waals surface area contributed by atoms with Crippen molar-refractivity contribution in [3.63, 3.8) is 0 Å². The van der Waals surface area contributed by atoms with Crippen LogP contribution in [0.5, 0.6) is 0 Å². The van der Waals surface area contributed by atoms with Gasteiger partial charge >= 0.3 is 0 Å². The minimum atomic E-state index is -0.124. The molecule has 0 spiro atoms. The Bertz CT molecular complexity index is 593. The van der Waals surface area contributed by atoms with E-state index in [0.717, 1.165) is 29.9 Å². The van der Waals surface area contributed by atoms with Crippen molar-refractivity contribution in [2.75, 3.05) is 0 Å². The van der Waals surface area contributed by atoms with Crippen molar-refractivity contribution < 1.29 is 0 Å². The summed E-state index contributed by atoms with van der Waals surface area (Å²) >= 11 is 12.1. The topological polar surface area (TPSA) is 43.8 Å². The SMILES string of the molecule is CCc1cc(C(N)Cc2ccc(Cl)cc2Cl)n(CC)n1. The maximum atomic E-state index is 6.33. The largest absolute Gasteiger partial charge is 0.322 e. The number of aryl methyl sites for hydroxylation is 2. The molecule has 0 bridgehead atoms. The molecular formula is C15H19Cl2N3. The van der Waals surface area contributed by atoms with E-state index < -0.39 is 0 Å². The first kappa shape index (κ1) is 15.4. The summed E-state index contributed by atoms with van der Waals surface area (Å²) in [5.41, 5.74) is 9.45. The summed E-state index contributed by atoms with van der Waals surface area (Å²) in [6.45, 7) is 4.98. The smallest absolute Gasteiger partial charge is 0.0625 e. The van der Waals surface area contributed by atoms with Crippen molar-refractivity contribution in [2.24, 2.45) is 5.73 Å². The number of halogens is 2. The zero-order chi connectivity index (χ0) is 14.7. The first-order chi connectivity index (χ1) is 9.55. The molecule has 108 valence electrons. The number of rotatable bonds is 5. The zero-order valence-electron chi connectivity index (χ0n) is 11.7. The van der Waals surface area contributed by atoms with Crippen molar-refractivity contribution in [2.45, 2.75) is 39.3 Å². The second kappa shape index (κ2) is 6.61. The molecule has 0 aliphatic heterocycles. The standard InChI is InChI=1S/C15H19Cl2N3/c1-3-12-9-15(20(4-2)19-12)14(18)7-10-5-6-11(16)8-13(10)17/h5-6,8-9,14H,3-4,7,18H2,1-2H3. The van der Waals surface area contributed by atoms with Crippen LogP contribution in [0.25, 0.3) is 0 Å². The molecule has 3 nitrogen and oxygen atoms in total. The van der Waals surface area contributed by atoms with E-state index in [1.54, 1.807) is 6.07 Å². The Morgan fingerprint density at radius 1 is 1.25 bits per heavy atom. The summed E-state index contributed by atoms with van der Waals surface area (Å²) in [5, 5.41) is 5.83. The van der Waals surface area contributed by atoms with Gasteiger partial charge in [-0.25, -0.2) is 0 Å². The van der Waals surface area contributed by atoms with Gasteiger partial charge in [0.05, 0.1) is 17.4 Å². The number of benzene rings is 1. The second-order valence-electron chi connectivity index (χ2n) is 4.78. The quantitative estimate of drug-likeness (QED) is 0.906. The summed E-state index contributed by atoms with van der Waals surface area (Å²) in [6, 6.07) is 7.47. The number of nitrogens with two attached hydrogens (primary N) is 1. The average Bonchev–Trinajstić information content (AvgIpc) is 2.85. The summed E-state index contributed by atoms with van der Waals surface area (Å²) < 4.78 is 1.97. The van der Waals surface area contributed by atoms with Gasteiger partial charge in [-0.2, -0.15) is 5.10 Å². The minimum Gasteiger partial charge on any atom is -0.322 e. The molecule has 5 heteroatoms. The molecule has 1 aromatic carbocycles. The lowest BCUT2D eigenvalue weighted by Gasteiger charge is -2.14. The highest BCUT2D eigenvalue weighted by Crippen LogP contribution is 2.25. The monoisotopic (exact) mass is 311 g/mol. The minimum absolute atomic E-state index is 0.124. The lowest BCUT2D eigenvalue weighted by molar-refractivity contribution is 0.565. The lowest BCUT2D eigenvalue weighted by atomic mass is 10.0. The predicted octanol–water partition coefficient (Wildman–Crippen LogP) is 4.01. The molecule has 1 atom stereocenters. The van der Waals surface area contributed by atoms with E-state index in [0.29, 0.717) is 16.5 Å². The highest BCUT2D eigenvalue weighted by molar-refractivity contribution is 6.35. The summed E-state index contributed by atoms with van der Waals surface area (Å²) in [6.07, 6.45) is 1.58. The van der Waals surface area contributed by atoms with Crippen LogP contribution in [0.15, 0.2) is 24.3 Å². The first-order valence-electron chi connectivity index (χ1n) is 6.81. The molecule has 1 heterocycles. The Balaban J connectivity index is 2.23. The number of nitrogens with zero attached hydrogens (tertiary/aromatic N) is 2. The van der Waals surface area contributed by atoms with Crippen LogP contribution in [0.2, 0.25) is 10.0 Å². The molecule has 1 aromatic heterocycles. The predicted molar refractivity (Wildman–Crippen MR) is 84.4 cm³/mol. The van der Waals surface area contributed by atoms with Crippen LogP contribution in [0.3, 0.4) is 0 Å². The van der Waals surface area contributed by atoms with Gasteiger partial charge in [0.15, 0.2) is 0 Å². The highest BCUT2D eigenvalue weighted by Gasteiger charge is 2.15. The van der Waals surface area contributed by atoms with Gasteiger partial charge in [-0.15, -0.1) is 0 Å². The normalized spacial score (nSPS) is 12.7. The average molecular weight is 312 g/mol. The molecule has 2 N–H and O–H groups in total. The van der Waals surface area contributed by atoms with Crippen LogP contribution in [-0.2, 0) is 19.4 Å². The van der Waals surface area contributed by atoms with Crippen molar-refractivity contribution in [1.82, 2.24) is 9.78 Å². The van der Waals surface area contributed by atoms with Gasteiger partial charge in [0.1, 0.15) is 0 Å². The summed E-state index contributed by atoms with van der Waals surface area (Å²) in [4.78, 5) is 0. The van der Waals surface area contributed by atoms with Crippen LogP contribution < -0.4 is 5.73 Å². The van der Waals surface area contributed by atoms with Crippen LogP contribution in [0, 0.1) is 0 Å². The van der Waals surface area contributed by atoms with Crippen LogP contribution in [-0.4, -0.2) is 9.78 Å². The molecule has 0 aliphatic rings. The molecule has 0 saturated heterocycles. The molecule has 0 aliphatic carbocycles. The fraction of sp³-hybridized carbons (Fsp3) is 0.400. The fourth-order valence-corrected chi connectivity index (χ4v) is 2.73. The van der Waals surface area contributed by atoms with Gasteiger partial charge in [0.25, 0.3) is 0 Å². The Morgan fingerprint density at radius 2 is 2.00 bits per heavy atom. The van der Waals surface area contributed by atoms with E-state index in [9.17, 15) is 0 Å². The van der Waals surface area contributed by atoms with Gasteiger partial charge in [-0.3, -0.25) is 4.68 Å². The molecule has 2 rings (SSSR count). The fourth-order valence-electron chi connectivity index (χ4n) is 2.24. The molecule has 0 saturated carbocycles. The van der Waals surface area contributed by atoms with E-state index in [1.807, 2.05) is 16.8 Å². The van der Waals surface area contributed by atoms with Crippen molar-refractivity contribution in [3.05, 3.63) is 51.3 Å². The van der Waals surface area contributed by atoms with Crippen molar-refractivity contribution >= 4 is 23.2 Å². The summed E-state index contributed by atoms with van der Waals surface area (Å²) in [5.74, 6) is 0. The molecule has 2 aromatic rings. The Kier molecular flexibility index (Phi) is 5.08. The second-order valence-corrected chi connectivity index (χ2v) is 5.62. The van der Waals surface area contributed by atoms with Crippen LogP contribution >= 0.6 is 23.2 Å². The molecular weight excluding hydrogens is 293 g/mol. The number of hydrogen-bond donors (Lipinski definition) is 1. The first-order valence-corrected chi connectivity index (χ1v) is 7.56. The third-order valence-electron chi connectivity index (χ3n) is 3.36. The molecule has 0 radical (unpaired) electrons. The molecule has 0 fully saturated rings. The third-order valence-corrected chi connectivity index (χ3v) is 3.95. The van der Waals surface area contributed by atoms with Gasteiger partial charge in [0.2, 0.25) is 0 Å². The van der Waals surface area contributed by atoms with E-state index in [2.05, 4.69) is 25.0 Å². The summed E-state index contributed by atoms with van der Waals surface area (Å²) in [7, 11) is 0. The molecule has 0 amide bonds. The Hall–Kier alpha value is -1.03. The van der Waals surface area contributed by atoms with E-state index in [4.69, 9.17) is 28.9 Å². The van der Waals surface area contributed by atoms with Gasteiger partial charge in [-0.05, 0) is 43.5 Å². The van der Waals surface area contributed by atoms with Crippen LogP contribution in [0.1, 0.15) is 36.8 Å². The number of aromatic nitrogens is 2. The number of hydrogen-bond acceptors (Lipinski definition) is 2. The molecule has 20 heavy (non-hydrogen) atoms. The van der Waals surface area contributed by atoms with Crippen molar-refractivity contribution in [1.29, 1.82) is 0 Å². The van der Waals surface area contributed by atoms with Crippen molar-refractivity contribution in [3.8, 4) is 0 Å². The van der Waals surface area contributed by atoms with Gasteiger partial charge in [0, 0.05) is 16.6 Å². The maximum Gasteiger partial charge on any atom is 0.0625 e. The Labute approximate surface area is 129 Å². The van der Waals surface area contributed by atoms with Gasteiger partial charge in [-0.1, -0.05) is 36.2 Å². The Morgan fingerprint density at radius 3 is 2.60 bits per heavy atom. The van der Waals surface area contributed by atoms with Crippen LogP contribution in [0.4, 0.5) is 0 Å². The zero-order valence-corrected chi connectivity index (χ0v) is 13.2. The lowest BCUT2D eigenvalue weighted by Crippen LogP contribution is -2.18. The van der Waals surface area contributed by atoms with E-state index in [1.165, 1.54) is 0 Å². The maximum absolute atomic E-state index is 6.33. The molecule has 1 unspecified atom stereocenters. The highest BCUT2D eigenvalue weighted by atomic mass is 35.5.